The summed E-state index contributed by atoms with van der Waals surface area (Å²) in [5.74, 6) is 0. The standard InChI is InChI=1S/C34H28/c1-3-8-24-13-15-25(16-14-24)26-17-18-28-22-29(20-19-27(28)21-26)34-32-11-6-4-9-30(32)23(2)31-10-5-7-12-33(31)34/h4-7,9-22H,3,8H2,1-2H3. The van der Waals surface area contributed by atoms with Crippen LogP contribution in [0, 0.1) is 6.92 Å². The molecule has 0 saturated carbocycles. The van der Waals surface area contributed by atoms with E-state index in [4.69, 9.17) is 0 Å². The first kappa shape index (κ1) is 20.7. The number of benzene rings is 6. The zero-order chi connectivity index (χ0) is 23.1. The molecule has 0 aliphatic carbocycles. The van der Waals surface area contributed by atoms with Crippen LogP contribution in [0.2, 0.25) is 0 Å². The fourth-order valence-electron chi connectivity index (χ4n) is 5.39. The Kier molecular flexibility index (Phi) is 5.15. The Hall–Kier alpha value is -3.90. The van der Waals surface area contributed by atoms with Crippen molar-refractivity contribution in [1.29, 1.82) is 0 Å². The van der Waals surface area contributed by atoms with E-state index in [1.54, 1.807) is 0 Å². The molecule has 0 heteroatoms. The van der Waals surface area contributed by atoms with E-state index in [2.05, 4.69) is 123 Å². The summed E-state index contributed by atoms with van der Waals surface area (Å²) < 4.78 is 0. The van der Waals surface area contributed by atoms with Gasteiger partial charge in [-0.15, -0.1) is 0 Å². The first-order valence-electron chi connectivity index (χ1n) is 12.3. The van der Waals surface area contributed by atoms with Crippen LogP contribution >= 0.6 is 0 Å². The van der Waals surface area contributed by atoms with Gasteiger partial charge in [0.1, 0.15) is 0 Å². The maximum atomic E-state index is 2.35. The lowest BCUT2D eigenvalue weighted by atomic mass is 9.88. The van der Waals surface area contributed by atoms with Gasteiger partial charge in [0.25, 0.3) is 0 Å². The van der Waals surface area contributed by atoms with Crippen molar-refractivity contribution in [2.45, 2.75) is 26.7 Å². The fourth-order valence-corrected chi connectivity index (χ4v) is 5.39. The third kappa shape index (κ3) is 3.47. The van der Waals surface area contributed by atoms with E-state index < -0.39 is 0 Å². The lowest BCUT2D eigenvalue weighted by molar-refractivity contribution is 0.922. The predicted molar refractivity (Wildman–Crippen MR) is 149 cm³/mol. The maximum absolute atomic E-state index is 2.35. The van der Waals surface area contributed by atoms with Crippen LogP contribution in [0.25, 0.3) is 54.6 Å². The highest BCUT2D eigenvalue weighted by Crippen LogP contribution is 2.40. The van der Waals surface area contributed by atoms with Gasteiger partial charge in [0.2, 0.25) is 0 Å². The average Bonchev–Trinajstić information content (AvgIpc) is 2.89. The number of hydrogen-bond donors (Lipinski definition) is 0. The highest BCUT2D eigenvalue weighted by molar-refractivity contribution is 6.15. The van der Waals surface area contributed by atoms with Crippen molar-refractivity contribution in [2.75, 3.05) is 0 Å². The third-order valence-electron chi connectivity index (χ3n) is 7.16. The molecule has 6 rings (SSSR count). The summed E-state index contributed by atoms with van der Waals surface area (Å²) in [6.07, 6.45) is 2.33. The van der Waals surface area contributed by atoms with Crippen LogP contribution in [-0.4, -0.2) is 0 Å². The van der Waals surface area contributed by atoms with E-state index in [-0.39, 0.29) is 0 Å². The van der Waals surface area contributed by atoms with Crippen molar-refractivity contribution in [2.24, 2.45) is 0 Å². The molecule has 164 valence electrons. The van der Waals surface area contributed by atoms with Gasteiger partial charge in [-0.3, -0.25) is 0 Å². The van der Waals surface area contributed by atoms with Crippen LogP contribution in [0.15, 0.2) is 109 Å². The average molecular weight is 437 g/mol. The minimum atomic E-state index is 1.14. The quantitative estimate of drug-likeness (QED) is 0.241. The first-order chi connectivity index (χ1) is 16.7. The molecule has 0 spiro atoms. The van der Waals surface area contributed by atoms with Crippen molar-refractivity contribution in [1.82, 2.24) is 0 Å². The van der Waals surface area contributed by atoms with Crippen molar-refractivity contribution in [3.63, 3.8) is 0 Å². The molecule has 0 atom stereocenters. The summed E-state index contributed by atoms with van der Waals surface area (Å²) in [4.78, 5) is 0. The summed E-state index contributed by atoms with van der Waals surface area (Å²) in [5.41, 5.74) is 7.92. The molecule has 0 aliphatic rings. The maximum Gasteiger partial charge on any atom is -0.00264 e. The summed E-state index contributed by atoms with van der Waals surface area (Å²) in [6, 6.07) is 40.4. The lowest BCUT2D eigenvalue weighted by Crippen LogP contribution is -1.89. The molecule has 0 nitrogen and oxygen atoms in total. The van der Waals surface area contributed by atoms with Crippen LogP contribution in [0.1, 0.15) is 24.5 Å². The molecule has 0 unspecified atom stereocenters. The number of rotatable bonds is 4. The Morgan fingerprint density at radius 2 is 1.00 bits per heavy atom. The van der Waals surface area contributed by atoms with Gasteiger partial charge in [-0.25, -0.2) is 0 Å². The second kappa shape index (κ2) is 8.47. The number of fused-ring (bicyclic) bond motifs is 3. The topological polar surface area (TPSA) is 0 Å². The van der Waals surface area contributed by atoms with Crippen LogP contribution in [0.4, 0.5) is 0 Å². The van der Waals surface area contributed by atoms with Gasteiger partial charge in [0.15, 0.2) is 0 Å². The van der Waals surface area contributed by atoms with E-state index in [0.29, 0.717) is 0 Å². The molecule has 0 radical (unpaired) electrons. The van der Waals surface area contributed by atoms with Gasteiger partial charge in [-0.05, 0) is 91.2 Å². The van der Waals surface area contributed by atoms with E-state index in [1.165, 1.54) is 72.1 Å². The molecule has 0 aliphatic heterocycles. The Labute approximate surface area is 201 Å². The van der Waals surface area contributed by atoms with E-state index >= 15 is 0 Å². The Morgan fingerprint density at radius 3 is 1.59 bits per heavy atom. The van der Waals surface area contributed by atoms with Gasteiger partial charge in [-0.1, -0.05) is 110 Å². The van der Waals surface area contributed by atoms with Gasteiger partial charge in [0.05, 0.1) is 0 Å². The SMILES string of the molecule is CCCc1ccc(-c2ccc3cc(-c4c5ccccc5c(C)c5ccccc45)ccc3c2)cc1. The highest BCUT2D eigenvalue weighted by atomic mass is 14.2. The Morgan fingerprint density at radius 1 is 0.500 bits per heavy atom. The number of aryl methyl sites for hydroxylation is 2. The molecule has 6 aromatic carbocycles. The summed E-state index contributed by atoms with van der Waals surface area (Å²) in [5, 5.41) is 7.86. The van der Waals surface area contributed by atoms with Crippen LogP contribution in [0.5, 0.6) is 0 Å². The molecule has 0 fully saturated rings. The molecular weight excluding hydrogens is 408 g/mol. The van der Waals surface area contributed by atoms with Gasteiger partial charge in [0, 0.05) is 0 Å². The minimum absolute atomic E-state index is 1.14. The largest absolute Gasteiger partial charge is 0.0651 e. The molecule has 0 bridgehead atoms. The van der Waals surface area contributed by atoms with Gasteiger partial charge < -0.3 is 0 Å². The molecule has 0 aromatic heterocycles. The summed E-state index contributed by atoms with van der Waals surface area (Å²) in [7, 11) is 0. The fraction of sp³-hybridized carbons (Fsp3) is 0.118. The Bertz CT molecular complexity index is 1600. The monoisotopic (exact) mass is 436 g/mol. The van der Waals surface area contributed by atoms with Crippen LogP contribution in [0.3, 0.4) is 0 Å². The zero-order valence-electron chi connectivity index (χ0n) is 19.8. The number of hydrogen-bond acceptors (Lipinski definition) is 0. The van der Waals surface area contributed by atoms with Crippen LogP contribution in [-0.2, 0) is 6.42 Å². The molecular formula is C34H28. The van der Waals surface area contributed by atoms with E-state index in [9.17, 15) is 0 Å². The highest BCUT2D eigenvalue weighted by Gasteiger charge is 2.13. The van der Waals surface area contributed by atoms with Crippen molar-refractivity contribution < 1.29 is 0 Å². The predicted octanol–water partition coefficient (Wildman–Crippen LogP) is 9.74. The second-order valence-electron chi connectivity index (χ2n) is 9.31. The summed E-state index contributed by atoms with van der Waals surface area (Å²) in [6.45, 7) is 4.47. The van der Waals surface area contributed by atoms with Crippen molar-refractivity contribution >= 4 is 32.3 Å². The van der Waals surface area contributed by atoms with Crippen molar-refractivity contribution in [3.8, 4) is 22.3 Å². The summed E-state index contributed by atoms with van der Waals surface area (Å²) >= 11 is 0. The second-order valence-corrected chi connectivity index (χ2v) is 9.31. The molecule has 0 N–H and O–H groups in total. The van der Waals surface area contributed by atoms with E-state index in [1.807, 2.05) is 0 Å². The van der Waals surface area contributed by atoms with Crippen molar-refractivity contribution in [3.05, 3.63) is 120 Å². The normalized spacial score (nSPS) is 11.5. The first-order valence-corrected chi connectivity index (χ1v) is 12.3. The lowest BCUT2D eigenvalue weighted by Gasteiger charge is -2.16. The minimum Gasteiger partial charge on any atom is -0.0651 e. The van der Waals surface area contributed by atoms with Gasteiger partial charge in [-0.2, -0.15) is 0 Å². The molecule has 0 amide bonds. The van der Waals surface area contributed by atoms with Crippen LogP contribution < -0.4 is 0 Å². The molecule has 6 aromatic rings. The zero-order valence-corrected chi connectivity index (χ0v) is 19.8. The Balaban J connectivity index is 1.50. The van der Waals surface area contributed by atoms with Gasteiger partial charge >= 0.3 is 0 Å². The third-order valence-corrected chi connectivity index (χ3v) is 7.16. The molecule has 34 heavy (non-hydrogen) atoms. The molecule has 0 heterocycles. The molecule has 0 saturated heterocycles. The van der Waals surface area contributed by atoms with E-state index in [0.717, 1.165) is 6.42 Å². The smallest absolute Gasteiger partial charge is 0.00264 e.